The molecule has 0 bridgehead atoms. The molecule has 1 saturated carbocycles. The Bertz CT molecular complexity index is 886. The molecule has 1 heterocycles. The summed E-state index contributed by atoms with van der Waals surface area (Å²) < 4.78 is 5.64. The largest absolute Gasteiger partial charge is 0.481 e. The van der Waals surface area contributed by atoms with Crippen molar-refractivity contribution in [1.29, 1.82) is 0 Å². The van der Waals surface area contributed by atoms with Crippen molar-refractivity contribution in [3.63, 3.8) is 0 Å². The van der Waals surface area contributed by atoms with Gasteiger partial charge in [-0.05, 0) is 35.1 Å². The van der Waals surface area contributed by atoms with Crippen LogP contribution in [0.15, 0.2) is 48.5 Å². The van der Waals surface area contributed by atoms with Gasteiger partial charge in [0.2, 0.25) is 0 Å². The fourth-order valence-corrected chi connectivity index (χ4v) is 4.99. The molecule has 1 amide bonds. The SMILES string of the molecule is O=C(O)C1CCC12CN(C(=O)OCC1c3ccccc3-c3ccccc31)C2. The van der Waals surface area contributed by atoms with E-state index in [0.29, 0.717) is 26.1 Å². The second-order valence-electron chi connectivity index (χ2n) is 7.95. The van der Waals surface area contributed by atoms with E-state index in [1.165, 1.54) is 22.3 Å². The Balaban J connectivity index is 1.26. The van der Waals surface area contributed by atoms with Crippen LogP contribution in [0.1, 0.15) is 29.9 Å². The van der Waals surface area contributed by atoms with Crippen LogP contribution in [0, 0.1) is 11.3 Å². The van der Waals surface area contributed by atoms with Crippen LogP contribution in [-0.4, -0.2) is 41.8 Å². The first-order valence-electron chi connectivity index (χ1n) is 9.42. The van der Waals surface area contributed by atoms with Crippen molar-refractivity contribution in [3.05, 3.63) is 59.7 Å². The fraction of sp³-hybridized carbons (Fsp3) is 0.364. The highest BCUT2D eigenvalue weighted by molar-refractivity contribution is 5.79. The normalized spacial score (nSPS) is 21.8. The third-order valence-corrected chi connectivity index (χ3v) is 6.57. The molecule has 2 aromatic carbocycles. The Kier molecular flexibility index (Phi) is 3.54. The number of carbonyl (C=O) groups excluding carboxylic acids is 1. The highest BCUT2D eigenvalue weighted by Gasteiger charge is 2.59. The van der Waals surface area contributed by atoms with Crippen LogP contribution in [0.2, 0.25) is 0 Å². The van der Waals surface area contributed by atoms with E-state index in [9.17, 15) is 14.7 Å². The molecule has 2 fully saturated rings. The van der Waals surface area contributed by atoms with Gasteiger partial charge in [0.1, 0.15) is 6.61 Å². The van der Waals surface area contributed by atoms with Gasteiger partial charge in [-0.25, -0.2) is 4.79 Å². The first kappa shape index (κ1) is 16.4. The number of aliphatic carboxylic acids is 1. The third-order valence-electron chi connectivity index (χ3n) is 6.57. The van der Waals surface area contributed by atoms with Gasteiger partial charge in [-0.3, -0.25) is 4.79 Å². The van der Waals surface area contributed by atoms with E-state index in [1.807, 2.05) is 24.3 Å². The van der Waals surface area contributed by atoms with Crippen molar-refractivity contribution in [2.45, 2.75) is 18.8 Å². The molecule has 1 atom stereocenters. The zero-order valence-corrected chi connectivity index (χ0v) is 14.9. The van der Waals surface area contributed by atoms with Gasteiger partial charge in [0, 0.05) is 24.4 Å². The van der Waals surface area contributed by atoms with Crippen LogP contribution in [0.25, 0.3) is 11.1 Å². The monoisotopic (exact) mass is 363 g/mol. The summed E-state index contributed by atoms with van der Waals surface area (Å²) in [5.74, 6) is -1.00. The zero-order valence-electron chi connectivity index (χ0n) is 14.9. The van der Waals surface area contributed by atoms with E-state index in [2.05, 4.69) is 24.3 Å². The molecule has 27 heavy (non-hydrogen) atoms. The Morgan fingerprint density at radius 1 is 1.04 bits per heavy atom. The number of hydrogen-bond acceptors (Lipinski definition) is 3. The van der Waals surface area contributed by atoms with Gasteiger partial charge in [-0.2, -0.15) is 0 Å². The van der Waals surface area contributed by atoms with Crippen LogP contribution in [0.5, 0.6) is 0 Å². The minimum absolute atomic E-state index is 0.0482. The molecule has 1 unspecified atom stereocenters. The van der Waals surface area contributed by atoms with E-state index < -0.39 is 5.97 Å². The van der Waals surface area contributed by atoms with Crippen LogP contribution >= 0.6 is 0 Å². The molecule has 0 radical (unpaired) electrons. The Morgan fingerprint density at radius 3 is 2.15 bits per heavy atom. The summed E-state index contributed by atoms with van der Waals surface area (Å²) in [5, 5.41) is 9.26. The number of nitrogens with zero attached hydrogens (tertiary/aromatic N) is 1. The third kappa shape index (κ3) is 2.37. The Morgan fingerprint density at radius 2 is 1.63 bits per heavy atom. The summed E-state index contributed by atoms with van der Waals surface area (Å²) in [7, 11) is 0. The molecular formula is C22H21NO4. The van der Waals surface area contributed by atoms with E-state index in [-0.39, 0.29) is 23.3 Å². The van der Waals surface area contributed by atoms with Crippen molar-refractivity contribution in [3.8, 4) is 11.1 Å². The van der Waals surface area contributed by atoms with Gasteiger partial charge in [0.25, 0.3) is 0 Å². The summed E-state index contributed by atoms with van der Waals surface area (Å²) in [4.78, 5) is 25.4. The van der Waals surface area contributed by atoms with Gasteiger partial charge in [-0.15, -0.1) is 0 Å². The van der Waals surface area contributed by atoms with Crippen molar-refractivity contribution in [1.82, 2.24) is 4.90 Å². The second kappa shape index (κ2) is 5.84. The van der Waals surface area contributed by atoms with Gasteiger partial charge < -0.3 is 14.7 Å². The summed E-state index contributed by atoms with van der Waals surface area (Å²) in [6, 6.07) is 16.5. The fourth-order valence-electron chi connectivity index (χ4n) is 4.99. The molecule has 5 nitrogen and oxygen atoms in total. The maximum absolute atomic E-state index is 12.5. The van der Waals surface area contributed by atoms with Gasteiger partial charge in [-0.1, -0.05) is 48.5 Å². The predicted molar refractivity (Wildman–Crippen MR) is 99.4 cm³/mol. The van der Waals surface area contributed by atoms with Crippen LogP contribution in [0.3, 0.4) is 0 Å². The standard InChI is InChI=1S/C22H21NO4/c24-20(25)19-9-10-22(19)12-23(13-22)21(26)27-11-18-16-7-3-1-5-14(16)15-6-2-4-8-17(15)18/h1-8,18-19H,9-13H2,(H,24,25). The lowest BCUT2D eigenvalue weighted by Gasteiger charge is -2.58. The van der Waals surface area contributed by atoms with Crippen molar-refractivity contribution in [2.24, 2.45) is 11.3 Å². The van der Waals surface area contributed by atoms with E-state index >= 15 is 0 Å². The average Bonchev–Trinajstić information content (AvgIpc) is 2.91. The zero-order chi connectivity index (χ0) is 18.6. The molecule has 2 aromatic rings. The second-order valence-corrected chi connectivity index (χ2v) is 7.95. The number of likely N-dealkylation sites (tertiary alicyclic amines) is 1. The maximum Gasteiger partial charge on any atom is 0.409 e. The molecule has 5 rings (SSSR count). The average molecular weight is 363 g/mol. The van der Waals surface area contributed by atoms with Crippen LogP contribution in [-0.2, 0) is 9.53 Å². The molecule has 5 heteroatoms. The minimum atomic E-state index is -0.742. The molecular weight excluding hydrogens is 342 g/mol. The molecule has 138 valence electrons. The van der Waals surface area contributed by atoms with Crippen LogP contribution < -0.4 is 0 Å². The molecule has 3 aliphatic rings. The lowest BCUT2D eigenvalue weighted by atomic mass is 9.56. The van der Waals surface area contributed by atoms with Crippen molar-refractivity contribution in [2.75, 3.05) is 19.7 Å². The quantitative estimate of drug-likeness (QED) is 0.902. The Labute approximate surface area is 157 Å². The van der Waals surface area contributed by atoms with E-state index in [1.54, 1.807) is 4.90 Å². The summed E-state index contributed by atoms with van der Waals surface area (Å²) >= 11 is 0. The molecule has 0 aromatic heterocycles. The van der Waals surface area contributed by atoms with Gasteiger partial charge in [0.15, 0.2) is 0 Å². The smallest absolute Gasteiger partial charge is 0.409 e. The summed E-state index contributed by atoms with van der Waals surface area (Å²) in [5.41, 5.74) is 4.58. The number of benzene rings is 2. The highest BCUT2D eigenvalue weighted by Crippen LogP contribution is 2.53. The molecule has 1 aliphatic heterocycles. The number of carboxylic acids is 1. The van der Waals surface area contributed by atoms with Crippen molar-refractivity contribution < 1.29 is 19.4 Å². The van der Waals surface area contributed by atoms with E-state index in [4.69, 9.17) is 4.74 Å². The predicted octanol–water partition coefficient (Wildman–Crippen LogP) is 3.73. The lowest BCUT2D eigenvalue weighted by Crippen LogP contribution is -2.67. The maximum atomic E-state index is 12.5. The lowest BCUT2D eigenvalue weighted by molar-refractivity contribution is -0.168. The first-order valence-corrected chi connectivity index (χ1v) is 9.42. The number of fused-ring (bicyclic) bond motifs is 3. The van der Waals surface area contributed by atoms with Crippen molar-refractivity contribution >= 4 is 12.1 Å². The number of rotatable bonds is 3. The number of carboxylic acid groups (broad SMARTS) is 1. The summed E-state index contributed by atoms with van der Waals surface area (Å²) in [6.45, 7) is 1.31. The van der Waals surface area contributed by atoms with E-state index in [0.717, 1.165) is 6.42 Å². The van der Waals surface area contributed by atoms with Crippen LogP contribution in [0.4, 0.5) is 4.79 Å². The molecule has 1 saturated heterocycles. The Hall–Kier alpha value is -2.82. The topological polar surface area (TPSA) is 66.8 Å². The minimum Gasteiger partial charge on any atom is -0.481 e. The summed E-state index contributed by atoms with van der Waals surface area (Å²) in [6.07, 6.45) is 1.27. The molecule has 1 N–H and O–H groups in total. The molecule has 2 aliphatic carbocycles. The molecule has 1 spiro atoms. The number of carbonyl (C=O) groups is 2. The number of hydrogen-bond donors (Lipinski definition) is 1. The van der Waals surface area contributed by atoms with Gasteiger partial charge >= 0.3 is 12.1 Å². The van der Waals surface area contributed by atoms with Gasteiger partial charge in [0.05, 0.1) is 5.92 Å². The first-order chi connectivity index (χ1) is 13.1. The highest BCUT2D eigenvalue weighted by atomic mass is 16.6. The number of amides is 1. The number of ether oxygens (including phenoxy) is 1.